The molecular formula is C18H32N6O2S. The van der Waals surface area contributed by atoms with Crippen molar-refractivity contribution in [2.75, 3.05) is 57.2 Å². The van der Waals surface area contributed by atoms with Crippen molar-refractivity contribution in [3.05, 3.63) is 23.9 Å². The monoisotopic (exact) mass is 396 g/mol. The second-order valence-corrected chi connectivity index (χ2v) is 9.46. The van der Waals surface area contributed by atoms with E-state index < -0.39 is 9.84 Å². The molecule has 0 aliphatic carbocycles. The van der Waals surface area contributed by atoms with Crippen LogP contribution in [0.2, 0.25) is 0 Å². The molecule has 8 nitrogen and oxygen atoms in total. The van der Waals surface area contributed by atoms with Crippen molar-refractivity contribution in [3.8, 4) is 0 Å². The quantitative estimate of drug-likeness (QED) is 0.507. The molecule has 1 saturated heterocycles. The number of nitrogens with one attached hydrogen (secondary N) is 2. The van der Waals surface area contributed by atoms with Gasteiger partial charge in [-0.3, -0.25) is 4.99 Å². The first-order valence-electron chi connectivity index (χ1n) is 9.30. The van der Waals surface area contributed by atoms with E-state index in [-0.39, 0.29) is 11.8 Å². The number of nitrogens with zero attached hydrogens (tertiary/aromatic N) is 4. The molecule has 0 amide bonds. The maximum Gasteiger partial charge on any atom is 0.191 e. The Morgan fingerprint density at radius 3 is 2.67 bits per heavy atom. The molecule has 0 bridgehead atoms. The lowest BCUT2D eigenvalue weighted by atomic mass is 10.2. The number of sulfone groups is 1. The molecule has 1 fully saturated rings. The van der Waals surface area contributed by atoms with Gasteiger partial charge in [0.2, 0.25) is 0 Å². The van der Waals surface area contributed by atoms with E-state index in [1.165, 1.54) is 6.26 Å². The molecule has 2 heterocycles. The largest absolute Gasteiger partial charge is 0.354 e. The Labute approximate surface area is 163 Å². The van der Waals surface area contributed by atoms with Crippen LogP contribution in [0.1, 0.15) is 18.9 Å². The van der Waals surface area contributed by atoms with E-state index in [4.69, 9.17) is 0 Å². The van der Waals surface area contributed by atoms with Gasteiger partial charge < -0.3 is 20.4 Å². The third-order valence-electron chi connectivity index (χ3n) is 4.63. The Kier molecular flexibility index (Phi) is 7.85. The Morgan fingerprint density at radius 2 is 2.04 bits per heavy atom. The summed E-state index contributed by atoms with van der Waals surface area (Å²) in [5, 5.41) is 6.52. The molecule has 1 unspecified atom stereocenters. The van der Waals surface area contributed by atoms with Crippen LogP contribution in [-0.4, -0.2) is 82.6 Å². The molecule has 0 aromatic carbocycles. The van der Waals surface area contributed by atoms with Crippen molar-refractivity contribution in [1.29, 1.82) is 0 Å². The summed E-state index contributed by atoms with van der Waals surface area (Å²) in [5.74, 6) is 1.83. The van der Waals surface area contributed by atoms with Gasteiger partial charge in [0.25, 0.3) is 0 Å². The standard InChI is InChI=1S/C18H32N6O2S/c1-15(6-12-27(4,25)26)22-18(19-2)21-14-16-5-7-20-17(13-16)24-10-8-23(3)9-11-24/h5,7,13,15H,6,8-12,14H2,1-4H3,(H2,19,21,22). The summed E-state index contributed by atoms with van der Waals surface area (Å²) in [6, 6.07) is 4.12. The van der Waals surface area contributed by atoms with E-state index in [2.05, 4.69) is 43.5 Å². The highest BCUT2D eigenvalue weighted by Crippen LogP contribution is 2.14. The smallest absolute Gasteiger partial charge is 0.191 e. The van der Waals surface area contributed by atoms with Gasteiger partial charge in [-0.15, -0.1) is 0 Å². The Morgan fingerprint density at radius 1 is 1.33 bits per heavy atom. The fourth-order valence-corrected chi connectivity index (χ4v) is 3.64. The van der Waals surface area contributed by atoms with E-state index in [1.54, 1.807) is 7.05 Å². The molecule has 152 valence electrons. The van der Waals surface area contributed by atoms with Gasteiger partial charge in [-0.1, -0.05) is 0 Å². The van der Waals surface area contributed by atoms with Crippen molar-refractivity contribution in [3.63, 3.8) is 0 Å². The molecule has 1 aromatic rings. The molecule has 2 rings (SSSR count). The average Bonchev–Trinajstić information content (AvgIpc) is 2.63. The highest BCUT2D eigenvalue weighted by atomic mass is 32.2. The van der Waals surface area contributed by atoms with Gasteiger partial charge in [0.05, 0.1) is 5.75 Å². The summed E-state index contributed by atoms with van der Waals surface area (Å²) in [6.45, 7) is 6.65. The van der Waals surface area contributed by atoms with E-state index in [1.807, 2.05) is 19.2 Å². The van der Waals surface area contributed by atoms with Crippen LogP contribution in [0.15, 0.2) is 23.3 Å². The number of anilines is 1. The lowest BCUT2D eigenvalue weighted by Gasteiger charge is -2.33. The van der Waals surface area contributed by atoms with Crippen LogP contribution in [-0.2, 0) is 16.4 Å². The second-order valence-electron chi connectivity index (χ2n) is 7.20. The summed E-state index contributed by atoms with van der Waals surface area (Å²) in [4.78, 5) is 13.4. The molecule has 0 radical (unpaired) electrons. The summed E-state index contributed by atoms with van der Waals surface area (Å²) < 4.78 is 22.6. The first-order valence-corrected chi connectivity index (χ1v) is 11.4. The number of rotatable bonds is 7. The molecule has 1 atom stereocenters. The van der Waals surface area contributed by atoms with Crippen LogP contribution in [0.4, 0.5) is 5.82 Å². The van der Waals surface area contributed by atoms with E-state index in [0.29, 0.717) is 18.9 Å². The first kappa shape index (κ1) is 21.4. The molecule has 9 heteroatoms. The number of guanidine groups is 1. The summed E-state index contributed by atoms with van der Waals surface area (Å²) in [5.41, 5.74) is 1.13. The van der Waals surface area contributed by atoms with E-state index in [9.17, 15) is 8.42 Å². The van der Waals surface area contributed by atoms with Crippen molar-refractivity contribution in [2.24, 2.45) is 4.99 Å². The zero-order valence-corrected chi connectivity index (χ0v) is 17.6. The number of piperazine rings is 1. The highest BCUT2D eigenvalue weighted by molar-refractivity contribution is 7.90. The summed E-state index contributed by atoms with van der Waals surface area (Å²) in [6.07, 6.45) is 3.64. The van der Waals surface area contributed by atoms with E-state index in [0.717, 1.165) is 37.6 Å². The zero-order chi connectivity index (χ0) is 19.9. The number of likely N-dealkylation sites (N-methyl/N-ethyl adjacent to an activating group) is 1. The third-order valence-corrected chi connectivity index (χ3v) is 5.60. The third kappa shape index (κ3) is 7.72. The molecule has 1 aliphatic heterocycles. The van der Waals surface area contributed by atoms with Gasteiger partial charge in [-0.25, -0.2) is 13.4 Å². The minimum Gasteiger partial charge on any atom is -0.354 e. The topological polar surface area (TPSA) is 89.9 Å². The van der Waals surface area contributed by atoms with Crippen LogP contribution < -0.4 is 15.5 Å². The summed E-state index contributed by atoms with van der Waals surface area (Å²) in [7, 11) is 0.898. The predicted molar refractivity (Wildman–Crippen MR) is 111 cm³/mol. The maximum absolute atomic E-state index is 11.3. The second kappa shape index (κ2) is 9.89. The molecule has 0 spiro atoms. The maximum atomic E-state index is 11.3. The van der Waals surface area contributed by atoms with Crippen LogP contribution in [0.3, 0.4) is 0 Å². The SMILES string of the molecule is CN=C(NCc1ccnc(N2CCN(C)CC2)c1)NC(C)CCS(C)(=O)=O. The number of pyridine rings is 1. The summed E-state index contributed by atoms with van der Waals surface area (Å²) >= 11 is 0. The lowest BCUT2D eigenvalue weighted by Crippen LogP contribution is -2.45. The van der Waals surface area contributed by atoms with Gasteiger partial charge in [-0.2, -0.15) is 0 Å². The fourth-order valence-electron chi connectivity index (χ4n) is 2.86. The molecule has 1 aliphatic rings. The highest BCUT2D eigenvalue weighted by Gasteiger charge is 2.15. The zero-order valence-electron chi connectivity index (χ0n) is 16.8. The normalized spacial score (nSPS) is 17.6. The molecule has 1 aromatic heterocycles. The minimum absolute atomic E-state index is 0.0178. The van der Waals surface area contributed by atoms with Gasteiger partial charge in [0, 0.05) is 58.3 Å². The number of aliphatic imine (C=N–C) groups is 1. The first-order chi connectivity index (χ1) is 12.8. The van der Waals surface area contributed by atoms with Gasteiger partial charge >= 0.3 is 0 Å². The van der Waals surface area contributed by atoms with Crippen LogP contribution in [0.5, 0.6) is 0 Å². The number of hydrogen-bond acceptors (Lipinski definition) is 6. The predicted octanol–water partition coefficient (Wildman–Crippen LogP) is 0.322. The minimum atomic E-state index is -2.95. The van der Waals surface area contributed by atoms with Gasteiger partial charge in [-0.05, 0) is 38.1 Å². The molecule has 27 heavy (non-hydrogen) atoms. The van der Waals surface area contributed by atoms with Crippen molar-refractivity contribution in [1.82, 2.24) is 20.5 Å². The van der Waals surface area contributed by atoms with Gasteiger partial charge in [0.1, 0.15) is 15.7 Å². The van der Waals surface area contributed by atoms with E-state index >= 15 is 0 Å². The Hall–Kier alpha value is -1.87. The lowest BCUT2D eigenvalue weighted by molar-refractivity contribution is 0.312. The average molecular weight is 397 g/mol. The molecular weight excluding hydrogens is 364 g/mol. The van der Waals surface area contributed by atoms with Crippen LogP contribution >= 0.6 is 0 Å². The van der Waals surface area contributed by atoms with Crippen LogP contribution in [0, 0.1) is 0 Å². The fraction of sp³-hybridized carbons (Fsp3) is 0.667. The molecule has 0 saturated carbocycles. The Bertz CT molecular complexity index is 729. The molecule has 2 N–H and O–H groups in total. The van der Waals surface area contributed by atoms with Crippen molar-refractivity contribution < 1.29 is 8.42 Å². The van der Waals surface area contributed by atoms with Crippen molar-refractivity contribution >= 4 is 21.6 Å². The van der Waals surface area contributed by atoms with Gasteiger partial charge in [0.15, 0.2) is 5.96 Å². The number of aromatic nitrogens is 1. The van der Waals surface area contributed by atoms with Crippen LogP contribution in [0.25, 0.3) is 0 Å². The number of hydrogen-bond donors (Lipinski definition) is 2. The van der Waals surface area contributed by atoms with Crippen molar-refractivity contribution in [2.45, 2.75) is 25.9 Å². The Balaban J connectivity index is 1.86.